The average Bonchev–Trinajstić information content (AvgIpc) is 2.75. The molecule has 0 fully saturated rings. The number of halogens is 2. The number of hydrogen-bond donors (Lipinski definition) is 3. The molecule has 0 radical (unpaired) electrons. The first kappa shape index (κ1) is 25.2. The van der Waals surface area contributed by atoms with Crippen molar-refractivity contribution in [2.75, 3.05) is 13.2 Å². The highest BCUT2D eigenvalue weighted by atomic mass is 19.3. The topological polar surface area (TPSA) is 69.9 Å². The highest BCUT2D eigenvalue weighted by Crippen LogP contribution is 2.26. The van der Waals surface area contributed by atoms with E-state index >= 15 is 0 Å². The zero-order valence-electron chi connectivity index (χ0n) is 18.0. The molecule has 1 atom stereocenters. The van der Waals surface area contributed by atoms with E-state index < -0.39 is 18.6 Å². The Morgan fingerprint density at radius 1 is 0.903 bits per heavy atom. The van der Waals surface area contributed by atoms with Crippen molar-refractivity contribution >= 4 is 0 Å². The van der Waals surface area contributed by atoms with Crippen LogP contribution in [0.4, 0.5) is 8.78 Å². The highest BCUT2D eigenvalue weighted by molar-refractivity contribution is 5.36. The zero-order chi connectivity index (χ0) is 22.5. The van der Waals surface area contributed by atoms with Crippen LogP contribution in [0.2, 0.25) is 0 Å². The van der Waals surface area contributed by atoms with Gasteiger partial charge in [-0.15, -0.1) is 0 Å². The van der Waals surface area contributed by atoms with Gasteiger partial charge in [0.2, 0.25) is 0 Å². The predicted molar refractivity (Wildman–Crippen MR) is 117 cm³/mol. The number of phenols is 1. The maximum atomic E-state index is 13.9. The summed E-state index contributed by atoms with van der Waals surface area (Å²) in [5.41, 5.74) is 1.72. The molecule has 0 aliphatic heterocycles. The van der Waals surface area contributed by atoms with Gasteiger partial charge < -0.3 is 20.1 Å². The summed E-state index contributed by atoms with van der Waals surface area (Å²) in [6.45, 7) is -0.465. The molecule has 0 aliphatic rings. The second-order valence-corrected chi connectivity index (χ2v) is 8.04. The Labute approximate surface area is 183 Å². The van der Waals surface area contributed by atoms with Gasteiger partial charge in [-0.1, -0.05) is 68.5 Å². The first-order chi connectivity index (χ1) is 14.9. The normalized spacial score (nSPS) is 12.8. The van der Waals surface area contributed by atoms with Crippen molar-refractivity contribution < 1.29 is 28.8 Å². The lowest BCUT2D eigenvalue weighted by atomic mass is 10.00. The molecule has 6 heteroatoms. The van der Waals surface area contributed by atoms with E-state index in [0.717, 1.165) is 38.5 Å². The van der Waals surface area contributed by atoms with Crippen LogP contribution in [0.5, 0.6) is 5.75 Å². The van der Waals surface area contributed by atoms with Crippen LogP contribution >= 0.6 is 0 Å². The number of alkyl halides is 2. The van der Waals surface area contributed by atoms with Crippen molar-refractivity contribution in [1.29, 1.82) is 0 Å². The minimum atomic E-state index is -2.85. The van der Waals surface area contributed by atoms with Gasteiger partial charge in [0.15, 0.2) is 0 Å². The first-order valence-electron chi connectivity index (χ1n) is 11.0. The highest BCUT2D eigenvalue weighted by Gasteiger charge is 2.29. The van der Waals surface area contributed by atoms with Crippen LogP contribution in [0.25, 0.3) is 0 Å². The summed E-state index contributed by atoms with van der Waals surface area (Å²) in [5, 5.41) is 29.0. The molecule has 2 aromatic rings. The Morgan fingerprint density at radius 2 is 1.58 bits per heavy atom. The van der Waals surface area contributed by atoms with Crippen LogP contribution in [0.1, 0.15) is 67.7 Å². The maximum Gasteiger partial charge on any atom is 0.274 e. The lowest BCUT2D eigenvalue weighted by Crippen LogP contribution is -2.26. The van der Waals surface area contributed by atoms with Gasteiger partial charge in [0.05, 0.1) is 12.7 Å². The molecule has 0 bridgehead atoms. The van der Waals surface area contributed by atoms with E-state index in [9.17, 15) is 24.1 Å². The van der Waals surface area contributed by atoms with Gasteiger partial charge in [-0.05, 0) is 36.1 Å². The van der Waals surface area contributed by atoms with Crippen LogP contribution < -0.4 is 0 Å². The van der Waals surface area contributed by atoms with Crippen molar-refractivity contribution in [3.05, 3.63) is 65.2 Å². The first-order valence-corrected chi connectivity index (χ1v) is 11.0. The van der Waals surface area contributed by atoms with Gasteiger partial charge >= 0.3 is 0 Å². The summed E-state index contributed by atoms with van der Waals surface area (Å²) in [6.07, 6.45) is 5.29. The van der Waals surface area contributed by atoms with E-state index in [1.54, 1.807) is 36.4 Å². The molecule has 172 valence electrons. The number of hydrogen-bond acceptors (Lipinski definition) is 4. The van der Waals surface area contributed by atoms with Gasteiger partial charge in [-0.3, -0.25) is 0 Å². The molecule has 1 unspecified atom stereocenters. The Kier molecular flexibility index (Phi) is 10.9. The average molecular weight is 437 g/mol. The summed E-state index contributed by atoms with van der Waals surface area (Å²) < 4.78 is 33.0. The van der Waals surface area contributed by atoms with Gasteiger partial charge in [0.25, 0.3) is 5.92 Å². The number of aromatic hydroxyl groups is 1. The molecule has 2 rings (SSSR count). The van der Waals surface area contributed by atoms with E-state index in [2.05, 4.69) is 0 Å². The molecule has 0 spiro atoms. The smallest absolute Gasteiger partial charge is 0.274 e. The van der Waals surface area contributed by atoms with E-state index in [0.29, 0.717) is 29.7 Å². The molecule has 3 N–H and O–H groups in total. The Hall–Kier alpha value is -2.02. The van der Waals surface area contributed by atoms with Gasteiger partial charge in [-0.2, -0.15) is 0 Å². The minimum absolute atomic E-state index is 0.0299. The van der Waals surface area contributed by atoms with Crippen LogP contribution in [-0.2, 0) is 17.8 Å². The van der Waals surface area contributed by atoms with Crippen molar-refractivity contribution in [3.8, 4) is 5.75 Å². The molecular formula is C25H34F2O4. The third-order valence-electron chi connectivity index (χ3n) is 5.29. The minimum Gasteiger partial charge on any atom is -0.508 e. The summed E-state index contributed by atoms with van der Waals surface area (Å²) in [7, 11) is 0. The second-order valence-electron chi connectivity index (χ2n) is 8.04. The standard InChI is InChI=1S/C25H34F2O4/c26-25(27,17-20-10-6-5-7-11-20)19-31-15-9-4-2-1-3-8-12-23(29)21-13-14-24(30)22(16-21)18-28/h5-7,10-11,13-14,16,23,28-30H,1-4,8-9,12,15,17-19H2. The molecule has 31 heavy (non-hydrogen) atoms. The summed E-state index contributed by atoms with van der Waals surface area (Å²) in [6, 6.07) is 13.5. The molecule has 2 aromatic carbocycles. The third kappa shape index (κ3) is 9.76. The Bertz CT molecular complexity index is 752. The van der Waals surface area contributed by atoms with Crippen LogP contribution in [0, 0.1) is 0 Å². The lowest BCUT2D eigenvalue weighted by Gasteiger charge is -2.16. The number of ether oxygens (including phenoxy) is 1. The van der Waals surface area contributed by atoms with Crippen LogP contribution in [0.3, 0.4) is 0 Å². The SMILES string of the molecule is OCc1cc(C(O)CCCCCCCCOCC(F)(F)Cc2ccccc2)ccc1O. The molecule has 0 saturated heterocycles. The predicted octanol–water partition coefficient (Wildman–Crippen LogP) is 5.54. The lowest BCUT2D eigenvalue weighted by molar-refractivity contribution is -0.0765. The zero-order valence-corrected chi connectivity index (χ0v) is 18.0. The van der Waals surface area contributed by atoms with E-state index in [1.807, 2.05) is 6.07 Å². The number of benzene rings is 2. The van der Waals surface area contributed by atoms with E-state index in [-0.39, 0.29) is 18.8 Å². The number of aliphatic hydroxyl groups excluding tert-OH is 2. The molecule has 0 aliphatic carbocycles. The van der Waals surface area contributed by atoms with Gasteiger partial charge in [0, 0.05) is 18.6 Å². The number of unbranched alkanes of at least 4 members (excludes halogenated alkanes) is 5. The second kappa shape index (κ2) is 13.4. The van der Waals surface area contributed by atoms with Crippen LogP contribution in [-0.4, -0.2) is 34.5 Å². The van der Waals surface area contributed by atoms with E-state index in [1.165, 1.54) is 6.07 Å². The molecular weight excluding hydrogens is 402 g/mol. The fourth-order valence-electron chi connectivity index (χ4n) is 3.52. The molecule has 0 amide bonds. The molecule has 0 heterocycles. The maximum absolute atomic E-state index is 13.9. The summed E-state index contributed by atoms with van der Waals surface area (Å²) in [4.78, 5) is 0. The van der Waals surface area contributed by atoms with Gasteiger partial charge in [0.1, 0.15) is 12.4 Å². The largest absolute Gasteiger partial charge is 0.508 e. The molecule has 4 nitrogen and oxygen atoms in total. The van der Waals surface area contributed by atoms with Gasteiger partial charge in [-0.25, -0.2) is 8.78 Å². The number of aliphatic hydroxyl groups is 2. The van der Waals surface area contributed by atoms with Crippen molar-refractivity contribution in [3.63, 3.8) is 0 Å². The van der Waals surface area contributed by atoms with E-state index in [4.69, 9.17) is 4.74 Å². The Morgan fingerprint density at radius 3 is 2.29 bits per heavy atom. The fourth-order valence-corrected chi connectivity index (χ4v) is 3.52. The van der Waals surface area contributed by atoms with Crippen molar-refractivity contribution in [1.82, 2.24) is 0 Å². The van der Waals surface area contributed by atoms with Crippen molar-refractivity contribution in [2.45, 2.75) is 70.0 Å². The fraction of sp³-hybridized carbons (Fsp3) is 0.520. The monoisotopic (exact) mass is 436 g/mol. The summed E-state index contributed by atoms with van der Waals surface area (Å²) in [5.74, 6) is -2.82. The van der Waals surface area contributed by atoms with Crippen LogP contribution in [0.15, 0.2) is 48.5 Å². The third-order valence-corrected chi connectivity index (χ3v) is 5.29. The summed E-state index contributed by atoms with van der Waals surface area (Å²) >= 11 is 0. The number of rotatable bonds is 15. The Balaban J connectivity index is 1.48. The quantitative estimate of drug-likeness (QED) is 0.321. The van der Waals surface area contributed by atoms with Crippen molar-refractivity contribution in [2.24, 2.45) is 0 Å². The molecule has 0 saturated carbocycles. The molecule has 0 aromatic heterocycles.